The SMILES string of the molecule is CC(=O)[C@@H]1C[C@H]1C(=O)Nc1cc(-c2ccc(OC3CCOCC3)c(C#N)c2)ccn1. The second-order valence-corrected chi connectivity index (χ2v) is 7.73. The predicted molar refractivity (Wildman–Crippen MR) is 110 cm³/mol. The van der Waals surface area contributed by atoms with E-state index in [1.54, 1.807) is 18.3 Å². The third-order valence-corrected chi connectivity index (χ3v) is 5.56. The molecule has 1 saturated heterocycles. The van der Waals surface area contributed by atoms with E-state index in [9.17, 15) is 14.9 Å². The minimum Gasteiger partial charge on any atom is -0.489 e. The Labute approximate surface area is 175 Å². The van der Waals surface area contributed by atoms with Gasteiger partial charge in [0.25, 0.3) is 0 Å². The number of ketones is 1. The maximum Gasteiger partial charge on any atom is 0.229 e. The van der Waals surface area contributed by atoms with Crippen LogP contribution in [-0.2, 0) is 14.3 Å². The molecule has 0 spiro atoms. The molecule has 1 amide bonds. The maximum atomic E-state index is 12.3. The van der Waals surface area contributed by atoms with Gasteiger partial charge in [-0.15, -0.1) is 0 Å². The van der Waals surface area contributed by atoms with Crippen LogP contribution >= 0.6 is 0 Å². The molecule has 2 aromatic rings. The Kier molecular flexibility index (Phi) is 5.77. The number of nitrogens with zero attached hydrogens (tertiary/aromatic N) is 2. The van der Waals surface area contributed by atoms with E-state index >= 15 is 0 Å². The number of anilines is 1. The molecule has 154 valence electrons. The van der Waals surface area contributed by atoms with E-state index in [1.165, 1.54) is 6.92 Å². The average molecular weight is 405 g/mol. The zero-order valence-corrected chi connectivity index (χ0v) is 16.8. The molecule has 0 bridgehead atoms. The Morgan fingerprint density at radius 1 is 1.17 bits per heavy atom. The summed E-state index contributed by atoms with van der Waals surface area (Å²) in [6, 6.07) is 11.3. The van der Waals surface area contributed by atoms with Gasteiger partial charge in [0.15, 0.2) is 0 Å². The van der Waals surface area contributed by atoms with Crippen LogP contribution in [0.25, 0.3) is 11.1 Å². The van der Waals surface area contributed by atoms with Crippen LogP contribution in [0.1, 0.15) is 31.7 Å². The summed E-state index contributed by atoms with van der Waals surface area (Å²) in [5.41, 5.74) is 2.12. The fraction of sp³-hybridized carbons (Fsp3) is 0.391. The van der Waals surface area contributed by atoms with Crippen molar-refractivity contribution in [3.8, 4) is 22.9 Å². The summed E-state index contributed by atoms with van der Waals surface area (Å²) in [5.74, 6) is 0.420. The number of amides is 1. The molecule has 2 heterocycles. The Morgan fingerprint density at radius 3 is 2.63 bits per heavy atom. The number of Topliss-reactive ketones (excluding diaryl/α,β-unsaturated/α-hetero) is 1. The van der Waals surface area contributed by atoms with E-state index in [1.807, 2.05) is 18.2 Å². The minimum absolute atomic E-state index is 0.0453. The molecular weight excluding hydrogens is 382 g/mol. The lowest BCUT2D eigenvalue weighted by molar-refractivity contribution is -0.122. The summed E-state index contributed by atoms with van der Waals surface area (Å²) < 4.78 is 11.4. The Hall–Kier alpha value is -3.24. The van der Waals surface area contributed by atoms with Crippen LogP contribution in [0.2, 0.25) is 0 Å². The molecule has 1 aromatic heterocycles. The first-order chi connectivity index (χ1) is 14.5. The summed E-state index contributed by atoms with van der Waals surface area (Å²) in [5, 5.41) is 12.4. The van der Waals surface area contributed by atoms with Crippen LogP contribution in [-0.4, -0.2) is 36.0 Å². The Bertz CT molecular complexity index is 1010. The first-order valence-corrected chi connectivity index (χ1v) is 10.1. The van der Waals surface area contributed by atoms with Crippen molar-refractivity contribution >= 4 is 17.5 Å². The lowest BCUT2D eigenvalue weighted by Gasteiger charge is -2.23. The molecule has 1 N–H and O–H groups in total. The number of benzene rings is 1. The topological polar surface area (TPSA) is 101 Å². The number of hydrogen-bond donors (Lipinski definition) is 1. The van der Waals surface area contributed by atoms with Crippen molar-refractivity contribution < 1.29 is 19.1 Å². The van der Waals surface area contributed by atoms with Crippen molar-refractivity contribution in [1.29, 1.82) is 5.26 Å². The first-order valence-electron chi connectivity index (χ1n) is 10.1. The quantitative estimate of drug-likeness (QED) is 0.791. The predicted octanol–water partition coefficient (Wildman–Crippen LogP) is 3.34. The minimum atomic E-state index is -0.264. The third-order valence-electron chi connectivity index (χ3n) is 5.56. The van der Waals surface area contributed by atoms with Gasteiger partial charge in [-0.3, -0.25) is 9.59 Å². The largest absolute Gasteiger partial charge is 0.489 e. The highest BCUT2D eigenvalue weighted by Gasteiger charge is 2.46. The molecule has 4 rings (SSSR count). The van der Waals surface area contributed by atoms with Crippen LogP contribution in [0, 0.1) is 23.2 Å². The van der Waals surface area contributed by atoms with Gasteiger partial charge in [-0.1, -0.05) is 6.07 Å². The zero-order chi connectivity index (χ0) is 21.1. The molecule has 7 nitrogen and oxygen atoms in total. The zero-order valence-electron chi connectivity index (χ0n) is 16.8. The normalized spacial score (nSPS) is 20.8. The Balaban J connectivity index is 1.48. The van der Waals surface area contributed by atoms with Crippen molar-refractivity contribution in [3.05, 3.63) is 42.1 Å². The van der Waals surface area contributed by atoms with Crippen molar-refractivity contribution in [2.75, 3.05) is 18.5 Å². The molecule has 1 aromatic carbocycles. The second-order valence-electron chi connectivity index (χ2n) is 7.73. The summed E-state index contributed by atoms with van der Waals surface area (Å²) in [4.78, 5) is 27.9. The summed E-state index contributed by atoms with van der Waals surface area (Å²) >= 11 is 0. The molecular formula is C23H23N3O4. The molecule has 2 fully saturated rings. The number of rotatable bonds is 6. The molecule has 0 unspecified atom stereocenters. The number of aromatic nitrogens is 1. The lowest BCUT2D eigenvalue weighted by atomic mass is 10.0. The fourth-order valence-electron chi connectivity index (χ4n) is 3.70. The smallest absolute Gasteiger partial charge is 0.229 e. The standard InChI is InChI=1S/C23H23N3O4/c1-14(27)19-12-20(19)23(28)26-22-11-16(4-7-25-22)15-2-3-21(17(10-15)13-24)30-18-5-8-29-9-6-18/h2-4,7,10-11,18-20H,5-6,8-9,12H2,1H3,(H,25,26,28)/t19-,20+/m0/s1. The van der Waals surface area contributed by atoms with Gasteiger partial charge >= 0.3 is 0 Å². The highest BCUT2D eigenvalue weighted by atomic mass is 16.5. The van der Waals surface area contributed by atoms with E-state index in [0.717, 1.165) is 24.0 Å². The average Bonchev–Trinajstić information content (AvgIpc) is 3.56. The van der Waals surface area contributed by atoms with E-state index in [-0.39, 0.29) is 29.6 Å². The van der Waals surface area contributed by atoms with Crippen molar-refractivity contribution in [2.45, 2.75) is 32.3 Å². The summed E-state index contributed by atoms with van der Waals surface area (Å²) in [6.07, 6.45) is 3.89. The molecule has 1 aliphatic heterocycles. The van der Waals surface area contributed by atoms with Crippen molar-refractivity contribution in [3.63, 3.8) is 0 Å². The highest BCUT2D eigenvalue weighted by molar-refractivity contribution is 5.99. The number of hydrogen-bond acceptors (Lipinski definition) is 6. The summed E-state index contributed by atoms with van der Waals surface area (Å²) in [6.45, 7) is 2.85. The number of carbonyl (C=O) groups is 2. The molecule has 2 atom stereocenters. The van der Waals surface area contributed by atoms with Crippen LogP contribution in [0.15, 0.2) is 36.5 Å². The molecule has 7 heteroatoms. The van der Waals surface area contributed by atoms with Gasteiger partial charge in [0.1, 0.15) is 29.5 Å². The number of nitriles is 1. The van der Waals surface area contributed by atoms with Crippen molar-refractivity contribution in [1.82, 2.24) is 4.98 Å². The van der Waals surface area contributed by atoms with Gasteiger partial charge in [-0.2, -0.15) is 5.26 Å². The van der Waals surface area contributed by atoms with E-state index in [0.29, 0.717) is 36.8 Å². The van der Waals surface area contributed by atoms with Gasteiger partial charge < -0.3 is 14.8 Å². The van der Waals surface area contributed by atoms with Crippen LogP contribution < -0.4 is 10.1 Å². The van der Waals surface area contributed by atoms with E-state index in [4.69, 9.17) is 9.47 Å². The molecule has 0 radical (unpaired) electrons. The number of carbonyl (C=O) groups excluding carboxylic acids is 2. The van der Waals surface area contributed by atoms with E-state index < -0.39 is 0 Å². The molecule has 1 aliphatic carbocycles. The molecule has 30 heavy (non-hydrogen) atoms. The van der Waals surface area contributed by atoms with E-state index in [2.05, 4.69) is 16.4 Å². The number of pyridine rings is 1. The summed E-state index contributed by atoms with van der Waals surface area (Å²) in [7, 11) is 0. The monoisotopic (exact) mass is 405 g/mol. The maximum absolute atomic E-state index is 12.3. The lowest BCUT2D eigenvalue weighted by Crippen LogP contribution is -2.26. The van der Waals surface area contributed by atoms with Gasteiger partial charge in [-0.05, 0) is 48.7 Å². The fourth-order valence-corrected chi connectivity index (χ4v) is 3.70. The highest BCUT2D eigenvalue weighted by Crippen LogP contribution is 2.40. The second kappa shape index (κ2) is 8.64. The van der Waals surface area contributed by atoms with Crippen LogP contribution in [0.5, 0.6) is 5.75 Å². The third kappa shape index (κ3) is 4.50. The molecule has 2 aliphatic rings. The number of nitrogens with one attached hydrogen (secondary N) is 1. The van der Waals surface area contributed by atoms with Gasteiger partial charge in [0.2, 0.25) is 5.91 Å². The van der Waals surface area contributed by atoms with Gasteiger partial charge in [-0.25, -0.2) is 4.98 Å². The first kappa shape index (κ1) is 20.0. The van der Waals surface area contributed by atoms with Crippen LogP contribution in [0.3, 0.4) is 0 Å². The van der Waals surface area contributed by atoms with Gasteiger partial charge in [0.05, 0.1) is 18.8 Å². The number of ether oxygens (including phenoxy) is 2. The van der Waals surface area contributed by atoms with Crippen molar-refractivity contribution in [2.24, 2.45) is 11.8 Å². The van der Waals surface area contributed by atoms with Gasteiger partial charge in [0, 0.05) is 30.9 Å². The molecule has 1 saturated carbocycles. The van der Waals surface area contributed by atoms with Crippen LogP contribution in [0.4, 0.5) is 5.82 Å². The Morgan fingerprint density at radius 2 is 1.93 bits per heavy atom.